The molecule has 0 atom stereocenters. The number of benzene rings is 1. The van der Waals surface area contributed by atoms with Gasteiger partial charge in [-0.3, -0.25) is 5.10 Å². The third-order valence-electron chi connectivity index (χ3n) is 2.80. The largest absolute Gasteiger partial charge is 0.370 e. The first-order valence-corrected chi connectivity index (χ1v) is 6.30. The smallest absolute Gasteiger partial charge is 0.193 e. The van der Waals surface area contributed by atoms with Gasteiger partial charge >= 0.3 is 0 Å². The molecule has 100 valence electrons. The molecule has 0 saturated carbocycles. The lowest BCUT2D eigenvalue weighted by molar-refractivity contribution is 0.867. The Balaban J connectivity index is 2.00. The Morgan fingerprint density at radius 2 is 2.26 bits per heavy atom. The number of aliphatic imine (C=N–C) groups is 1. The highest BCUT2D eigenvalue weighted by Crippen LogP contribution is 2.18. The van der Waals surface area contributed by atoms with Gasteiger partial charge in [0.25, 0.3) is 0 Å². The van der Waals surface area contributed by atoms with E-state index in [1.165, 1.54) is 5.56 Å². The summed E-state index contributed by atoms with van der Waals surface area (Å²) in [6, 6.07) is 10.1. The molecular formula is C14H19N5. The van der Waals surface area contributed by atoms with E-state index < -0.39 is 0 Å². The number of nitrogens with two attached hydrogens (primary N) is 1. The third kappa shape index (κ3) is 3.84. The lowest BCUT2D eigenvalue weighted by Gasteiger charge is -2.09. The molecule has 0 aliphatic rings. The first kappa shape index (κ1) is 13.1. The molecule has 2 rings (SSSR count). The Labute approximate surface area is 112 Å². The Morgan fingerprint density at radius 3 is 2.95 bits per heavy atom. The quantitative estimate of drug-likeness (QED) is 0.581. The molecule has 19 heavy (non-hydrogen) atoms. The van der Waals surface area contributed by atoms with Crippen LogP contribution in [0.1, 0.15) is 31.0 Å². The summed E-state index contributed by atoms with van der Waals surface area (Å²) in [7, 11) is 0. The molecule has 1 heterocycles. The van der Waals surface area contributed by atoms with Crippen LogP contribution in [0.2, 0.25) is 0 Å². The molecule has 5 nitrogen and oxygen atoms in total. The number of hydrogen-bond acceptors (Lipinski definition) is 2. The van der Waals surface area contributed by atoms with Gasteiger partial charge in [0, 0.05) is 11.9 Å². The number of hydrogen-bond donors (Lipinski definition) is 3. The molecule has 0 radical (unpaired) electrons. The van der Waals surface area contributed by atoms with Crippen LogP contribution in [0.25, 0.3) is 0 Å². The van der Waals surface area contributed by atoms with Crippen molar-refractivity contribution in [3.8, 4) is 0 Å². The molecule has 0 bridgehead atoms. The van der Waals surface area contributed by atoms with Gasteiger partial charge in [-0.1, -0.05) is 26.0 Å². The average molecular weight is 257 g/mol. The molecule has 4 N–H and O–H groups in total. The van der Waals surface area contributed by atoms with E-state index in [0.717, 1.165) is 11.4 Å². The normalized spacial score (nSPS) is 11.8. The van der Waals surface area contributed by atoms with Gasteiger partial charge in [0.05, 0.1) is 12.2 Å². The number of aromatic amines is 1. The van der Waals surface area contributed by atoms with Crippen LogP contribution in [-0.4, -0.2) is 16.2 Å². The topological polar surface area (TPSA) is 79.1 Å². The number of H-pyrrole nitrogens is 1. The van der Waals surface area contributed by atoms with Gasteiger partial charge in [-0.15, -0.1) is 0 Å². The van der Waals surface area contributed by atoms with Crippen molar-refractivity contribution in [2.24, 2.45) is 10.7 Å². The lowest BCUT2D eigenvalue weighted by atomic mass is 10.0. The third-order valence-corrected chi connectivity index (χ3v) is 2.80. The van der Waals surface area contributed by atoms with Gasteiger partial charge in [-0.05, 0) is 29.7 Å². The van der Waals surface area contributed by atoms with Crippen molar-refractivity contribution in [3.63, 3.8) is 0 Å². The van der Waals surface area contributed by atoms with Gasteiger partial charge in [-0.25, -0.2) is 4.99 Å². The summed E-state index contributed by atoms with van der Waals surface area (Å²) < 4.78 is 0. The molecule has 0 saturated heterocycles. The average Bonchev–Trinajstić information content (AvgIpc) is 2.90. The van der Waals surface area contributed by atoms with E-state index in [4.69, 9.17) is 5.73 Å². The fraction of sp³-hybridized carbons (Fsp3) is 0.286. The Morgan fingerprint density at radius 1 is 1.42 bits per heavy atom. The second-order valence-corrected chi connectivity index (χ2v) is 4.69. The van der Waals surface area contributed by atoms with E-state index in [9.17, 15) is 0 Å². The molecule has 5 heteroatoms. The molecule has 1 aromatic heterocycles. The lowest BCUT2D eigenvalue weighted by Crippen LogP contribution is -2.22. The van der Waals surface area contributed by atoms with E-state index >= 15 is 0 Å². The summed E-state index contributed by atoms with van der Waals surface area (Å²) in [5, 5.41) is 9.79. The number of nitrogens with zero attached hydrogens (tertiary/aromatic N) is 2. The van der Waals surface area contributed by atoms with Crippen LogP contribution >= 0.6 is 0 Å². The molecule has 0 fully saturated rings. The summed E-state index contributed by atoms with van der Waals surface area (Å²) in [6.45, 7) is 4.81. The predicted molar refractivity (Wildman–Crippen MR) is 78.1 cm³/mol. The second-order valence-electron chi connectivity index (χ2n) is 4.69. The van der Waals surface area contributed by atoms with Crippen molar-refractivity contribution in [2.75, 3.05) is 5.32 Å². The Kier molecular flexibility index (Phi) is 4.18. The van der Waals surface area contributed by atoms with Crippen LogP contribution < -0.4 is 11.1 Å². The van der Waals surface area contributed by atoms with Crippen molar-refractivity contribution in [1.82, 2.24) is 10.2 Å². The van der Waals surface area contributed by atoms with Gasteiger partial charge in [0.1, 0.15) is 0 Å². The van der Waals surface area contributed by atoms with Crippen LogP contribution in [0, 0.1) is 0 Å². The monoisotopic (exact) mass is 257 g/mol. The van der Waals surface area contributed by atoms with Gasteiger partial charge in [0.2, 0.25) is 0 Å². The SMILES string of the molecule is CC(C)c1cccc(NC(N)=NCc2ccn[nH]2)c1. The van der Waals surface area contributed by atoms with Crippen LogP contribution in [0.15, 0.2) is 41.5 Å². The van der Waals surface area contributed by atoms with Crippen molar-refractivity contribution >= 4 is 11.6 Å². The van der Waals surface area contributed by atoms with Crippen molar-refractivity contribution in [2.45, 2.75) is 26.3 Å². The first-order valence-electron chi connectivity index (χ1n) is 6.30. The zero-order chi connectivity index (χ0) is 13.7. The predicted octanol–water partition coefficient (Wildman–Crippen LogP) is 2.46. The molecule has 0 unspecified atom stereocenters. The van der Waals surface area contributed by atoms with E-state index in [-0.39, 0.29) is 0 Å². The molecular weight excluding hydrogens is 238 g/mol. The zero-order valence-corrected chi connectivity index (χ0v) is 11.2. The van der Waals surface area contributed by atoms with Crippen LogP contribution in [0.4, 0.5) is 5.69 Å². The summed E-state index contributed by atoms with van der Waals surface area (Å²) in [5.41, 5.74) is 9.01. The molecule has 0 aliphatic heterocycles. The number of nitrogens with one attached hydrogen (secondary N) is 2. The summed E-state index contributed by atoms with van der Waals surface area (Å²) in [5.74, 6) is 0.889. The zero-order valence-electron chi connectivity index (χ0n) is 11.2. The highest BCUT2D eigenvalue weighted by molar-refractivity contribution is 5.92. The van der Waals surface area contributed by atoms with Crippen LogP contribution in [-0.2, 0) is 6.54 Å². The number of aromatic nitrogens is 2. The fourth-order valence-electron chi connectivity index (χ4n) is 1.71. The van der Waals surface area contributed by atoms with E-state index in [1.54, 1.807) is 6.20 Å². The molecule has 2 aromatic rings. The maximum Gasteiger partial charge on any atom is 0.193 e. The van der Waals surface area contributed by atoms with E-state index in [2.05, 4.69) is 46.5 Å². The highest BCUT2D eigenvalue weighted by Gasteiger charge is 2.01. The Bertz CT molecular complexity index is 543. The molecule has 1 aromatic carbocycles. The summed E-state index contributed by atoms with van der Waals surface area (Å²) in [6.07, 6.45) is 1.70. The number of anilines is 1. The van der Waals surface area contributed by atoms with E-state index in [0.29, 0.717) is 18.4 Å². The van der Waals surface area contributed by atoms with Crippen molar-refractivity contribution < 1.29 is 0 Å². The van der Waals surface area contributed by atoms with Gasteiger partial charge in [-0.2, -0.15) is 5.10 Å². The minimum Gasteiger partial charge on any atom is -0.370 e. The van der Waals surface area contributed by atoms with Crippen LogP contribution in [0.3, 0.4) is 0 Å². The molecule has 0 amide bonds. The van der Waals surface area contributed by atoms with Gasteiger partial charge in [0.15, 0.2) is 5.96 Å². The fourth-order valence-corrected chi connectivity index (χ4v) is 1.71. The number of rotatable bonds is 4. The van der Waals surface area contributed by atoms with Crippen molar-refractivity contribution in [3.05, 3.63) is 47.8 Å². The first-order chi connectivity index (χ1) is 9.15. The molecule has 0 aliphatic carbocycles. The summed E-state index contributed by atoms with van der Waals surface area (Å²) in [4.78, 5) is 4.25. The number of guanidine groups is 1. The maximum absolute atomic E-state index is 5.85. The highest BCUT2D eigenvalue weighted by atomic mass is 15.1. The standard InChI is InChI=1S/C14H19N5/c1-10(2)11-4-3-5-12(8-11)18-14(15)16-9-13-6-7-17-19-13/h3-8,10H,9H2,1-2H3,(H,17,19)(H3,15,16,18). The van der Waals surface area contributed by atoms with Gasteiger partial charge < -0.3 is 11.1 Å². The molecule has 0 spiro atoms. The minimum absolute atomic E-state index is 0.399. The second kappa shape index (κ2) is 6.04. The van der Waals surface area contributed by atoms with E-state index in [1.807, 2.05) is 18.2 Å². The minimum atomic E-state index is 0.399. The van der Waals surface area contributed by atoms with Crippen LogP contribution in [0.5, 0.6) is 0 Å². The van der Waals surface area contributed by atoms with Crippen molar-refractivity contribution in [1.29, 1.82) is 0 Å². The Hall–Kier alpha value is -2.30. The maximum atomic E-state index is 5.85. The summed E-state index contributed by atoms with van der Waals surface area (Å²) >= 11 is 0.